The van der Waals surface area contributed by atoms with Gasteiger partial charge in [0.25, 0.3) is 0 Å². The van der Waals surface area contributed by atoms with Crippen LogP contribution < -0.4 is 9.62 Å². The van der Waals surface area contributed by atoms with Crippen LogP contribution in [0.4, 0.5) is 5.69 Å². The molecule has 0 atom stereocenters. The third-order valence-corrected chi connectivity index (χ3v) is 5.01. The van der Waals surface area contributed by atoms with Crippen LogP contribution in [0.1, 0.15) is 24.0 Å². The normalized spacial score (nSPS) is 11.1. The van der Waals surface area contributed by atoms with Gasteiger partial charge in [-0.3, -0.25) is 9.10 Å². The maximum absolute atomic E-state index is 12.0. The Hall–Kier alpha value is -2.34. The predicted molar refractivity (Wildman–Crippen MR) is 101 cm³/mol. The fraction of sp³-hybridized carbons (Fsp3) is 0.316. The molecule has 1 amide bonds. The van der Waals surface area contributed by atoms with E-state index in [-0.39, 0.29) is 18.9 Å². The molecule has 0 aromatic heterocycles. The van der Waals surface area contributed by atoms with E-state index in [2.05, 4.69) is 5.32 Å². The van der Waals surface area contributed by atoms with Gasteiger partial charge in [-0.1, -0.05) is 48.0 Å². The summed E-state index contributed by atoms with van der Waals surface area (Å²) in [4.78, 5) is 11.9. The lowest BCUT2D eigenvalue weighted by Gasteiger charge is -2.22. The molecule has 0 aliphatic rings. The number of amides is 1. The standard InChI is InChI=1S/C19H24N2O3S/c1-16-10-12-18(13-11-16)21(25(2,23)24)14-6-9-19(22)20-15-17-7-4-3-5-8-17/h3-5,7-8,10-13H,6,9,14-15H2,1-2H3,(H,20,22). The summed E-state index contributed by atoms with van der Waals surface area (Å²) < 4.78 is 25.4. The number of carbonyl (C=O) groups is 1. The number of benzene rings is 2. The van der Waals surface area contributed by atoms with Crippen molar-refractivity contribution in [2.45, 2.75) is 26.3 Å². The lowest BCUT2D eigenvalue weighted by atomic mass is 10.2. The Balaban J connectivity index is 1.86. The van der Waals surface area contributed by atoms with Crippen LogP contribution in [0.2, 0.25) is 0 Å². The first kappa shape index (κ1) is 19.0. The molecule has 0 spiro atoms. The first-order valence-corrected chi connectivity index (χ1v) is 10.1. The van der Waals surface area contributed by atoms with Gasteiger partial charge in [0.1, 0.15) is 0 Å². The van der Waals surface area contributed by atoms with Crippen LogP contribution in [0.5, 0.6) is 0 Å². The molecule has 2 aromatic rings. The number of rotatable bonds is 8. The number of nitrogens with one attached hydrogen (secondary N) is 1. The van der Waals surface area contributed by atoms with Crippen molar-refractivity contribution in [3.8, 4) is 0 Å². The van der Waals surface area contributed by atoms with Gasteiger partial charge in [0.2, 0.25) is 15.9 Å². The van der Waals surface area contributed by atoms with Gasteiger partial charge in [-0.25, -0.2) is 8.42 Å². The van der Waals surface area contributed by atoms with Gasteiger partial charge in [0.15, 0.2) is 0 Å². The van der Waals surface area contributed by atoms with Crippen LogP contribution >= 0.6 is 0 Å². The summed E-state index contributed by atoms with van der Waals surface area (Å²) in [7, 11) is -3.38. The average Bonchev–Trinajstić information content (AvgIpc) is 2.58. The zero-order chi connectivity index (χ0) is 18.3. The molecule has 0 saturated carbocycles. The highest BCUT2D eigenvalue weighted by molar-refractivity contribution is 7.92. The fourth-order valence-corrected chi connectivity index (χ4v) is 3.43. The number of carbonyl (C=O) groups excluding carboxylic acids is 1. The minimum atomic E-state index is -3.38. The number of hydrogen-bond acceptors (Lipinski definition) is 3. The minimum Gasteiger partial charge on any atom is -0.352 e. The van der Waals surface area contributed by atoms with Crippen LogP contribution in [0.15, 0.2) is 54.6 Å². The summed E-state index contributed by atoms with van der Waals surface area (Å²) in [5.41, 5.74) is 2.73. The topological polar surface area (TPSA) is 66.5 Å². The largest absolute Gasteiger partial charge is 0.352 e. The van der Waals surface area contributed by atoms with Gasteiger partial charge in [-0.15, -0.1) is 0 Å². The van der Waals surface area contributed by atoms with Crippen molar-refractivity contribution in [2.24, 2.45) is 0 Å². The number of nitrogens with zero attached hydrogens (tertiary/aromatic N) is 1. The molecular formula is C19H24N2O3S. The van der Waals surface area contributed by atoms with E-state index in [1.807, 2.05) is 49.4 Å². The smallest absolute Gasteiger partial charge is 0.232 e. The second-order valence-electron chi connectivity index (χ2n) is 6.04. The Kier molecular flexibility index (Phi) is 6.58. The van der Waals surface area contributed by atoms with E-state index >= 15 is 0 Å². The zero-order valence-corrected chi connectivity index (χ0v) is 15.4. The summed E-state index contributed by atoms with van der Waals surface area (Å²) in [6.45, 7) is 2.71. The second kappa shape index (κ2) is 8.67. The summed E-state index contributed by atoms with van der Waals surface area (Å²) in [6, 6.07) is 17.0. The van der Waals surface area contributed by atoms with Crippen LogP contribution in [0.3, 0.4) is 0 Å². The number of anilines is 1. The lowest BCUT2D eigenvalue weighted by molar-refractivity contribution is -0.121. The molecule has 0 radical (unpaired) electrons. The van der Waals surface area contributed by atoms with Crippen molar-refractivity contribution in [3.63, 3.8) is 0 Å². The first-order valence-electron chi connectivity index (χ1n) is 8.21. The molecule has 0 bridgehead atoms. The SMILES string of the molecule is Cc1ccc(N(CCCC(=O)NCc2ccccc2)S(C)(=O)=O)cc1. The molecule has 134 valence electrons. The maximum Gasteiger partial charge on any atom is 0.232 e. The number of sulfonamides is 1. The van der Waals surface area contributed by atoms with Gasteiger partial charge >= 0.3 is 0 Å². The molecule has 0 fully saturated rings. The van der Waals surface area contributed by atoms with Crippen molar-refractivity contribution in [1.82, 2.24) is 5.32 Å². The van der Waals surface area contributed by atoms with E-state index in [9.17, 15) is 13.2 Å². The Morgan fingerprint density at radius 2 is 1.68 bits per heavy atom. The quantitative estimate of drug-likeness (QED) is 0.787. The molecule has 2 aromatic carbocycles. The van der Waals surface area contributed by atoms with E-state index in [1.165, 1.54) is 10.6 Å². The van der Waals surface area contributed by atoms with E-state index in [1.54, 1.807) is 12.1 Å². The molecule has 0 saturated heterocycles. The highest BCUT2D eigenvalue weighted by Crippen LogP contribution is 2.18. The lowest BCUT2D eigenvalue weighted by Crippen LogP contribution is -2.32. The summed E-state index contributed by atoms with van der Waals surface area (Å²) >= 11 is 0. The van der Waals surface area contributed by atoms with Gasteiger partial charge in [0.05, 0.1) is 11.9 Å². The number of hydrogen-bond donors (Lipinski definition) is 1. The van der Waals surface area contributed by atoms with E-state index in [0.717, 1.165) is 11.1 Å². The van der Waals surface area contributed by atoms with Crippen LogP contribution in [-0.4, -0.2) is 27.1 Å². The van der Waals surface area contributed by atoms with Gasteiger partial charge in [0, 0.05) is 19.5 Å². The van der Waals surface area contributed by atoms with Crippen molar-refractivity contribution in [1.29, 1.82) is 0 Å². The number of aryl methyl sites for hydroxylation is 1. The molecule has 1 N–H and O–H groups in total. The van der Waals surface area contributed by atoms with E-state index in [0.29, 0.717) is 18.7 Å². The molecule has 25 heavy (non-hydrogen) atoms. The Morgan fingerprint density at radius 1 is 1.04 bits per heavy atom. The molecule has 0 aliphatic heterocycles. The van der Waals surface area contributed by atoms with Crippen molar-refractivity contribution in [2.75, 3.05) is 17.1 Å². The summed E-state index contributed by atoms with van der Waals surface area (Å²) in [6.07, 6.45) is 1.93. The molecule has 0 aliphatic carbocycles. The van der Waals surface area contributed by atoms with Crippen LogP contribution in [0.25, 0.3) is 0 Å². The highest BCUT2D eigenvalue weighted by Gasteiger charge is 2.17. The Morgan fingerprint density at radius 3 is 2.28 bits per heavy atom. The van der Waals surface area contributed by atoms with Gasteiger partial charge in [-0.2, -0.15) is 0 Å². The summed E-state index contributed by atoms with van der Waals surface area (Å²) in [5, 5.41) is 2.85. The molecule has 6 heteroatoms. The van der Waals surface area contributed by atoms with E-state index < -0.39 is 10.0 Å². The summed E-state index contributed by atoms with van der Waals surface area (Å²) in [5.74, 6) is -0.0822. The minimum absolute atomic E-state index is 0.0822. The fourth-order valence-electron chi connectivity index (χ4n) is 2.47. The second-order valence-corrected chi connectivity index (χ2v) is 7.94. The van der Waals surface area contributed by atoms with Crippen molar-refractivity contribution in [3.05, 3.63) is 65.7 Å². The average molecular weight is 360 g/mol. The highest BCUT2D eigenvalue weighted by atomic mass is 32.2. The molecular weight excluding hydrogens is 336 g/mol. The van der Waals surface area contributed by atoms with Crippen LogP contribution in [-0.2, 0) is 21.4 Å². The maximum atomic E-state index is 12.0. The predicted octanol–water partition coefficient (Wildman–Crippen LogP) is 2.86. The Bertz CT molecular complexity index is 787. The Labute approximate surface area is 149 Å². The first-order chi connectivity index (χ1) is 11.9. The van der Waals surface area contributed by atoms with Gasteiger partial charge in [-0.05, 0) is 31.0 Å². The van der Waals surface area contributed by atoms with Gasteiger partial charge < -0.3 is 5.32 Å². The molecule has 2 rings (SSSR count). The molecule has 0 unspecified atom stereocenters. The monoisotopic (exact) mass is 360 g/mol. The van der Waals surface area contributed by atoms with Crippen molar-refractivity contribution >= 4 is 21.6 Å². The zero-order valence-electron chi connectivity index (χ0n) is 14.6. The van der Waals surface area contributed by atoms with Crippen molar-refractivity contribution < 1.29 is 13.2 Å². The molecule has 0 heterocycles. The molecule has 5 nitrogen and oxygen atoms in total. The third-order valence-electron chi connectivity index (χ3n) is 3.82. The van der Waals surface area contributed by atoms with Crippen LogP contribution in [0, 0.1) is 6.92 Å². The third kappa shape index (κ3) is 6.23. The van der Waals surface area contributed by atoms with E-state index in [4.69, 9.17) is 0 Å².